The molecule has 30 heavy (non-hydrogen) atoms. The summed E-state index contributed by atoms with van der Waals surface area (Å²) in [7, 11) is 1.57. The maximum absolute atomic E-state index is 12.5. The van der Waals surface area contributed by atoms with E-state index in [4.69, 9.17) is 21.4 Å². The number of hydrogen-bond donors (Lipinski definition) is 2. The molecule has 2 amide bonds. The van der Waals surface area contributed by atoms with Gasteiger partial charge in [0, 0.05) is 24.8 Å². The molecule has 2 N–H and O–H groups in total. The number of methoxy groups -OCH3 is 1. The second-order valence-electron chi connectivity index (χ2n) is 6.54. The van der Waals surface area contributed by atoms with E-state index in [9.17, 15) is 9.59 Å². The predicted octanol–water partition coefficient (Wildman–Crippen LogP) is 4.37. The molecule has 154 valence electrons. The third-order valence-corrected chi connectivity index (χ3v) is 5.97. The fraction of sp³-hybridized carbons (Fsp3) is 0.200. The molecular weight excluding hydrogens is 428 g/mol. The van der Waals surface area contributed by atoms with Gasteiger partial charge in [0.1, 0.15) is 16.4 Å². The van der Waals surface area contributed by atoms with E-state index in [2.05, 4.69) is 15.3 Å². The second-order valence-corrected chi connectivity index (χ2v) is 7.93. The first-order chi connectivity index (χ1) is 14.5. The minimum absolute atomic E-state index is 0.232. The summed E-state index contributed by atoms with van der Waals surface area (Å²) in [5.74, 6) is 0.258. The van der Waals surface area contributed by atoms with Crippen LogP contribution in [-0.4, -0.2) is 52.2 Å². The van der Waals surface area contributed by atoms with Crippen molar-refractivity contribution in [1.82, 2.24) is 14.9 Å². The van der Waals surface area contributed by atoms with Crippen molar-refractivity contribution in [1.29, 1.82) is 0 Å². The zero-order chi connectivity index (χ0) is 21.3. The third kappa shape index (κ3) is 3.94. The van der Waals surface area contributed by atoms with Gasteiger partial charge in [0.05, 0.1) is 11.8 Å². The molecule has 4 rings (SSSR count). The monoisotopic (exact) mass is 444 g/mol. The van der Waals surface area contributed by atoms with Crippen molar-refractivity contribution in [3.05, 3.63) is 52.8 Å². The molecule has 0 bridgehead atoms. The van der Waals surface area contributed by atoms with E-state index in [0.29, 0.717) is 41.5 Å². The van der Waals surface area contributed by atoms with Crippen LogP contribution in [0, 0.1) is 0 Å². The number of carbonyl (C=O) groups excluding carboxylic acids is 1. The molecule has 0 fully saturated rings. The van der Waals surface area contributed by atoms with Crippen LogP contribution in [0.2, 0.25) is 5.15 Å². The minimum Gasteiger partial charge on any atom is -0.494 e. The molecule has 2 aromatic heterocycles. The maximum Gasteiger partial charge on any atom is 0.407 e. The summed E-state index contributed by atoms with van der Waals surface area (Å²) in [5.41, 5.74) is 3.03. The van der Waals surface area contributed by atoms with Gasteiger partial charge in [0.2, 0.25) is 0 Å². The Labute approximate surface area is 180 Å². The molecule has 10 heteroatoms. The smallest absolute Gasteiger partial charge is 0.407 e. The van der Waals surface area contributed by atoms with Crippen LogP contribution < -0.4 is 10.1 Å². The Morgan fingerprint density at radius 1 is 1.33 bits per heavy atom. The van der Waals surface area contributed by atoms with Gasteiger partial charge in [-0.1, -0.05) is 29.0 Å². The first kappa shape index (κ1) is 20.1. The van der Waals surface area contributed by atoms with Crippen LogP contribution in [0.15, 0.2) is 36.5 Å². The van der Waals surface area contributed by atoms with Gasteiger partial charge in [0.15, 0.2) is 5.13 Å². The maximum atomic E-state index is 12.5. The molecule has 8 nitrogen and oxygen atoms in total. The van der Waals surface area contributed by atoms with Gasteiger partial charge < -0.3 is 14.7 Å². The lowest BCUT2D eigenvalue weighted by Gasteiger charge is -2.24. The number of carbonyl (C=O) groups is 2. The van der Waals surface area contributed by atoms with Crippen molar-refractivity contribution in [3.63, 3.8) is 0 Å². The zero-order valence-electron chi connectivity index (χ0n) is 15.9. The lowest BCUT2D eigenvalue weighted by atomic mass is 9.99. The highest BCUT2D eigenvalue weighted by atomic mass is 35.5. The molecule has 0 saturated heterocycles. The third-order valence-electron chi connectivity index (χ3n) is 4.76. The summed E-state index contributed by atoms with van der Waals surface area (Å²) in [6.07, 6.45) is 3.05. The number of hydrogen-bond acceptors (Lipinski definition) is 6. The summed E-state index contributed by atoms with van der Waals surface area (Å²) >= 11 is 7.20. The molecule has 0 unspecified atom stereocenters. The van der Waals surface area contributed by atoms with E-state index in [0.717, 1.165) is 15.8 Å². The van der Waals surface area contributed by atoms with Crippen LogP contribution in [-0.2, 0) is 0 Å². The van der Waals surface area contributed by atoms with Crippen LogP contribution >= 0.6 is 22.9 Å². The summed E-state index contributed by atoms with van der Waals surface area (Å²) in [4.78, 5) is 33.5. The minimum atomic E-state index is -0.927. The van der Waals surface area contributed by atoms with E-state index < -0.39 is 6.09 Å². The van der Waals surface area contributed by atoms with Gasteiger partial charge in [-0.2, -0.15) is 0 Å². The van der Waals surface area contributed by atoms with E-state index in [1.165, 1.54) is 28.5 Å². The Balaban J connectivity index is 1.68. The fourth-order valence-corrected chi connectivity index (χ4v) is 4.45. The predicted molar refractivity (Wildman–Crippen MR) is 116 cm³/mol. The average molecular weight is 445 g/mol. The molecule has 3 heterocycles. The number of rotatable bonds is 4. The van der Waals surface area contributed by atoms with Crippen molar-refractivity contribution in [2.45, 2.75) is 6.42 Å². The first-order valence-electron chi connectivity index (χ1n) is 9.04. The number of nitrogens with zero attached hydrogens (tertiary/aromatic N) is 3. The Bertz CT molecular complexity index is 1180. The number of carboxylic acid groups (broad SMARTS) is 1. The number of thiazole rings is 1. The summed E-state index contributed by atoms with van der Waals surface area (Å²) < 4.78 is 6.31. The Morgan fingerprint density at radius 2 is 2.17 bits per heavy atom. The normalized spacial score (nSPS) is 13.8. The molecule has 1 aliphatic heterocycles. The van der Waals surface area contributed by atoms with Gasteiger partial charge in [-0.25, -0.2) is 14.8 Å². The molecule has 3 aromatic rings. The molecule has 0 saturated carbocycles. The van der Waals surface area contributed by atoms with Crippen LogP contribution in [0.25, 0.3) is 15.8 Å². The van der Waals surface area contributed by atoms with Gasteiger partial charge in [-0.15, -0.1) is 0 Å². The Hall–Kier alpha value is -3.17. The molecule has 1 aromatic carbocycles. The van der Waals surface area contributed by atoms with Crippen LogP contribution in [0.1, 0.15) is 22.3 Å². The second kappa shape index (κ2) is 8.29. The highest BCUT2D eigenvalue weighted by molar-refractivity contribution is 7.22. The number of fused-ring (bicyclic) bond motifs is 1. The van der Waals surface area contributed by atoms with Gasteiger partial charge in [-0.05, 0) is 41.8 Å². The lowest BCUT2D eigenvalue weighted by Crippen LogP contribution is -2.33. The first-order valence-corrected chi connectivity index (χ1v) is 10.2. The van der Waals surface area contributed by atoms with Crippen molar-refractivity contribution in [3.8, 4) is 5.75 Å². The van der Waals surface area contributed by atoms with E-state index in [1.807, 2.05) is 18.2 Å². The van der Waals surface area contributed by atoms with Crippen LogP contribution in [0.4, 0.5) is 9.93 Å². The average Bonchev–Trinajstić information content (AvgIpc) is 3.16. The highest BCUT2D eigenvalue weighted by Crippen LogP contribution is 2.39. The van der Waals surface area contributed by atoms with Gasteiger partial charge in [0.25, 0.3) is 5.91 Å². The van der Waals surface area contributed by atoms with Crippen LogP contribution in [0.3, 0.4) is 0 Å². The molecule has 1 aliphatic rings. The number of aromatic nitrogens is 2. The molecular formula is C20H17ClN4O4S. The Morgan fingerprint density at radius 3 is 2.83 bits per heavy atom. The zero-order valence-corrected chi connectivity index (χ0v) is 17.5. The SMILES string of the molecule is COc1ccc(C2=CCN(C(=O)O)CC2)c2sc(NC(=O)c3ccnc(Cl)c3)nc12. The molecule has 0 aliphatic carbocycles. The van der Waals surface area contributed by atoms with E-state index in [1.54, 1.807) is 13.2 Å². The van der Waals surface area contributed by atoms with E-state index >= 15 is 0 Å². The fourth-order valence-electron chi connectivity index (χ4n) is 3.25. The number of ether oxygens (including phenoxy) is 1. The van der Waals surface area contributed by atoms with Crippen molar-refractivity contribution >= 4 is 55.9 Å². The lowest BCUT2D eigenvalue weighted by molar-refractivity contribution is 0.102. The number of pyridine rings is 1. The van der Waals surface area contributed by atoms with Crippen LogP contribution in [0.5, 0.6) is 5.75 Å². The van der Waals surface area contributed by atoms with Crippen molar-refractivity contribution in [2.75, 3.05) is 25.5 Å². The number of halogens is 1. The molecule has 0 atom stereocenters. The number of benzene rings is 1. The number of anilines is 1. The van der Waals surface area contributed by atoms with Gasteiger partial charge >= 0.3 is 6.09 Å². The standard InChI is InChI=1S/C20H17ClN4O4S/c1-29-14-3-2-13(11-5-8-25(9-6-11)20(27)28)17-16(14)23-19(30-17)24-18(26)12-4-7-22-15(21)10-12/h2-5,7,10H,6,8-9H2,1H3,(H,27,28)(H,23,24,26). The van der Waals surface area contributed by atoms with Crippen molar-refractivity contribution < 1.29 is 19.4 Å². The largest absolute Gasteiger partial charge is 0.494 e. The topological polar surface area (TPSA) is 105 Å². The van der Waals surface area contributed by atoms with E-state index in [-0.39, 0.29) is 11.1 Å². The van der Waals surface area contributed by atoms with Crippen molar-refractivity contribution in [2.24, 2.45) is 0 Å². The summed E-state index contributed by atoms with van der Waals surface area (Å²) in [5, 5.41) is 12.6. The highest BCUT2D eigenvalue weighted by Gasteiger charge is 2.21. The number of nitrogens with one attached hydrogen (secondary N) is 1. The van der Waals surface area contributed by atoms with Gasteiger partial charge in [-0.3, -0.25) is 10.1 Å². The molecule has 0 radical (unpaired) electrons. The Kier molecular flexibility index (Phi) is 5.56. The molecule has 0 spiro atoms. The summed E-state index contributed by atoms with van der Waals surface area (Å²) in [6.45, 7) is 0.767. The number of amides is 2. The summed E-state index contributed by atoms with van der Waals surface area (Å²) in [6, 6.07) is 6.82. The quantitative estimate of drug-likeness (QED) is 0.579.